The third-order valence-corrected chi connectivity index (χ3v) is 4.84. The van der Waals surface area contributed by atoms with Crippen LogP contribution >= 0.6 is 27.7 Å². The second-order valence-corrected chi connectivity index (χ2v) is 6.49. The van der Waals surface area contributed by atoms with Crippen molar-refractivity contribution in [1.82, 2.24) is 9.88 Å². The smallest absolute Gasteiger partial charge is 0.330 e. The molecule has 0 aliphatic carbocycles. The molecule has 0 spiro atoms. The number of carbonyl (C=O) groups is 2. The molecule has 7 heteroatoms. The first-order valence-electron chi connectivity index (χ1n) is 5.98. The van der Waals surface area contributed by atoms with Crippen molar-refractivity contribution in [2.24, 2.45) is 0 Å². The number of hydrogen-bond donors (Lipinski definition) is 2. The largest absolute Gasteiger partial charge is 0.479 e. The van der Waals surface area contributed by atoms with Crippen molar-refractivity contribution in [3.63, 3.8) is 0 Å². The van der Waals surface area contributed by atoms with Gasteiger partial charge in [-0.2, -0.15) is 11.8 Å². The zero-order valence-electron chi connectivity index (χ0n) is 10.5. The number of carbonyl (C=O) groups excluding carboxylic acids is 1. The minimum absolute atomic E-state index is 0.336. The van der Waals surface area contributed by atoms with Gasteiger partial charge in [0, 0.05) is 23.0 Å². The van der Waals surface area contributed by atoms with Crippen molar-refractivity contribution in [3.8, 4) is 0 Å². The van der Waals surface area contributed by atoms with Gasteiger partial charge >= 0.3 is 5.97 Å². The Kier molecular flexibility index (Phi) is 4.25. The Hall–Kier alpha value is -0.950. The first-order valence-corrected chi connectivity index (χ1v) is 7.92. The normalized spacial score (nSPS) is 22.4. The van der Waals surface area contributed by atoms with Crippen LogP contribution < -0.4 is 5.32 Å². The molecule has 1 amide bonds. The van der Waals surface area contributed by atoms with Crippen LogP contribution in [0.4, 0.5) is 0 Å². The SMILES string of the molecule is CCn1cc(Br)cc1C(=O)NC1(C(=O)O)CCSC1. The number of rotatable bonds is 4. The molecule has 1 aromatic heterocycles. The number of aromatic nitrogens is 1. The van der Waals surface area contributed by atoms with Gasteiger partial charge in [-0.3, -0.25) is 4.79 Å². The second-order valence-electron chi connectivity index (χ2n) is 4.47. The van der Waals surface area contributed by atoms with Gasteiger partial charge in [0.15, 0.2) is 0 Å². The lowest BCUT2D eigenvalue weighted by atomic mass is 9.99. The molecule has 1 saturated heterocycles. The molecule has 104 valence electrons. The number of aliphatic carboxylic acids is 1. The van der Waals surface area contributed by atoms with Crippen LogP contribution in [0.15, 0.2) is 16.7 Å². The van der Waals surface area contributed by atoms with Crippen molar-refractivity contribution in [2.75, 3.05) is 11.5 Å². The average Bonchev–Trinajstić information content (AvgIpc) is 2.96. The minimum atomic E-state index is -1.13. The van der Waals surface area contributed by atoms with Crippen LogP contribution in [0.1, 0.15) is 23.8 Å². The molecule has 1 aliphatic heterocycles. The predicted molar refractivity (Wildman–Crippen MR) is 77.6 cm³/mol. The van der Waals surface area contributed by atoms with Crippen molar-refractivity contribution < 1.29 is 14.7 Å². The summed E-state index contributed by atoms with van der Waals surface area (Å²) in [6, 6.07) is 1.70. The van der Waals surface area contributed by atoms with E-state index in [1.54, 1.807) is 22.4 Å². The van der Waals surface area contributed by atoms with E-state index in [1.807, 2.05) is 13.1 Å². The molecule has 5 nitrogen and oxygen atoms in total. The molecule has 2 N–H and O–H groups in total. The van der Waals surface area contributed by atoms with Gasteiger partial charge in [0.05, 0.1) is 0 Å². The van der Waals surface area contributed by atoms with E-state index in [2.05, 4.69) is 21.2 Å². The molecule has 1 unspecified atom stereocenters. The number of thioether (sulfide) groups is 1. The summed E-state index contributed by atoms with van der Waals surface area (Å²) in [6.45, 7) is 2.59. The number of nitrogens with zero attached hydrogens (tertiary/aromatic N) is 1. The average molecular weight is 347 g/mol. The Morgan fingerprint density at radius 3 is 2.89 bits per heavy atom. The number of carboxylic acid groups (broad SMARTS) is 1. The summed E-state index contributed by atoms with van der Waals surface area (Å²) >= 11 is 4.88. The minimum Gasteiger partial charge on any atom is -0.479 e. The maximum absolute atomic E-state index is 12.3. The molecule has 1 fully saturated rings. The van der Waals surface area contributed by atoms with Crippen LogP contribution in [-0.2, 0) is 11.3 Å². The molecule has 0 saturated carbocycles. The summed E-state index contributed by atoms with van der Waals surface area (Å²) in [5.74, 6) is -0.121. The molecule has 1 aromatic rings. The molecule has 2 rings (SSSR count). The van der Waals surface area contributed by atoms with Gasteiger partial charge in [-0.1, -0.05) is 0 Å². The quantitative estimate of drug-likeness (QED) is 0.874. The highest BCUT2D eigenvalue weighted by Gasteiger charge is 2.43. The van der Waals surface area contributed by atoms with Gasteiger partial charge < -0.3 is 15.0 Å². The first kappa shape index (κ1) is 14.5. The Bertz CT molecular complexity index is 509. The van der Waals surface area contributed by atoms with E-state index >= 15 is 0 Å². The summed E-state index contributed by atoms with van der Waals surface area (Å²) in [5.41, 5.74) is -0.649. The van der Waals surface area contributed by atoms with Crippen LogP contribution in [0.2, 0.25) is 0 Å². The summed E-state index contributed by atoms with van der Waals surface area (Å²) in [7, 11) is 0. The van der Waals surface area contributed by atoms with E-state index in [0.29, 0.717) is 24.4 Å². The number of aryl methyl sites for hydroxylation is 1. The Morgan fingerprint density at radius 2 is 2.37 bits per heavy atom. The molecule has 0 radical (unpaired) electrons. The lowest BCUT2D eigenvalue weighted by molar-refractivity contribution is -0.143. The first-order chi connectivity index (χ1) is 8.98. The molecule has 1 atom stereocenters. The standard InChI is InChI=1S/C12H15BrN2O3S/c1-2-15-6-8(13)5-9(15)10(16)14-12(11(17)18)3-4-19-7-12/h5-6H,2-4,7H2,1H3,(H,14,16)(H,17,18). The number of carboxylic acids is 1. The van der Waals surface area contributed by atoms with Crippen LogP contribution in [-0.4, -0.2) is 38.6 Å². The van der Waals surface area contributed by atoms with Gasteiger partial charge in [-0.15, -0.1) is 0 Å². The van der Waals surface area contributed by atoms with E-state index < -0.39 is 11.5 Å². The summed E-state index contributed by atoms with van der Waals surface area (Å²) in [5, 5.41) is 12.0. The fourth-order valence-corrected chi connectivity index (χ4v) is 3.88. The summed E-state index contributed by atoms with van der Waals surface area (Å²) in [4.78, 5) is 23.7. The highest BCUT2D eigenvalue weighted by atomic mass is 79.9. The molecule has 2 heterocycles. The van der Waals surface area contributed by atoms with E-state index in [-0.39, 0.29) is 5.91 Å². The monoisotopic (exact) mass is 346 g/mol. The predicted octanol–water partition coefficient (Wildman–Crippen LogP) is 1.96. The third-order valence-electron chi connectivity index (χ3n) is 3.22. The van der Waals surface area contributed by atoms with Crippen molar-refractivity contribution in [3.05, 3.63) is 22.4 Å². The second kappa shape index (κ2) is 5.58. The van der Waals surface area contributed by atoms with Gasteiger partial charge in [0.1, 0.15) is 11.2 Å². The van der Waals surface area contributed by atoms with E-state index in [0.717, 1.165) is 10.2 Å². The highest BCUT2D eigenvalue weighted by Crippen LogP contribution is 2.29. The number of hydrogen-bond acceptors (Lipinski definition) is 3. The van der Waals surface area contributed by atoms with Crippen molar-refractivity contribution in [2.45, 2.75) is 25.4 Å². The van der Waals surface area contributed by atoms with Crippen molar-refractivity contribution >= 4 is 39.6 Å². The van der Waals surface area contributed by atoms with Crippen LogP contribution in [0.25, 0.3) is 0 Å². The topological polar surface area (TPSA) is 71.3 Å². The Balaban J connectivity index is 2.22. The zero-order chi connectivity index (χ0) is 14.0. The van der Waals surface area contributed by atoms with Crippen molar-refractivity contribution in [1.29, 1.82) is 0 Å². The number of amides is 1. The van der Waals surface area contributed by atoms with Gasteiger partial charge in [0.2, 0.25) is 0 Å². The van der Waals surface area contributed by atoms with Crippen LogP contribution in [0.3, 0.4) is 0 Å². The molecular formula is C12H15BrN2O3S. The zero-order valence-corrected chi connectivity index (χ0v) is 12.9. The lowest BCUT2D eigenvalue weighted by Crippen LogP contribution is -2.55. The van der Waals surface area contributed by atoms with Gasteiger partial charge in [-0.05, 0) is 41.1 Å². The van der Waals surface area contributed by atoms with Crippen LogP contribution in [0, 0.1) is 0 Å². The Labute approximate surface area is 123 Å². The van der Waals surface area contributed by atoms with Gasteiger partial charge in [0.25, 0.3) is 5.91 Å². The summed E-state index contributed by atoms with van der Waals surface area (Å²) in [6.07, 6.45) is 2.28. The Morgan fingerprint density at radius 1 is 1.63 bits per heavy atom. The fourth-order valence-electron chi connectivity index (χ4n) is 2.09. The summed E-state index contributed by atoms with van der Waals surface area (Å²) < 4.78 is 2.60. The van der Waals surface area contributed by atoms with E-state index in [9.17, 15) is 14.7 Å². The van der Waals surface area contributed by atoms with E-state index in [1.165, 1.54) is 0 Å². The third kappa shape index (κ3) is 2.81. The fraction of sp³-hybridized carbons (Fsp3) is 0.500. The molecule has 19 heavy (non-hydrogen) atoms. The maximum atomic E-state index is 12.3. The lowest BCUT2D eigenvalue weighted by Gasteiger charge is -2.24. The van der Waals surface area contributed by atoms with Crippen LogP contribution in [0.5, 0.6) is 0 Å². The molecule has 0 aromatic carbocycles. The van der Waals surface area contributed by atoms with E-state index in [4.69, 9.17) is 0 Å². The molecular weight excluding hydrogens is 332 g/mol. The number of nitrogens with one attached hydrogen (secondary N) is 1. The maximum Gasteiger partial charge on any atom is 0.330 e. The molecule has 1 aliphatic rings. The highest BCUT2D eigenvalue weighted by molar-refractivity contribution is 9.10. The number of halogens is 1. The van der Waals surface area contributed by atoms with Gasteiger partial charge in [-0.25, -0.2) is 4.79 Å². The molecule has 0 bridgehead atoms.